The largest absolute Gasteiger partial charge is 0.481 e. The van der Waals surface area contributed by atoms with Crippen molar-refractivity contribution in [1.29, 1.82) is 0 Å². The van der Waals surface area contributed by atoms with Gasteiger partial charge in [0.1, 0.15) is 24.9 Å². The quantitative estimate of drug-likeness (QED) is 0.0886. The second kappa shape index (κ2) is 14.6. The summed E-state index contributed by atoms with van der Waals surface area (Å²) in [5.74, 6) is -5.22. The van der Waals surface area contributed by atoms with Crippen molar-refractivity contribution in [2.45, 2.75) is 162 Å². The second-order valence-corrected chi connectivity index (χ2v) is 19.9. The highest BCUT2D eigenvalue weighted by Crippen LogP contribution is 2.76. The summed E-state index contributed by atoms with van der Waals surface area (Å²) in [5.41, 5.74) is -0.246. The van der Waals surface area contributed by atoms with Crippen LogP contribution < -0.4 is 0 Å². The lowest BCUT2D eigenvalue weighted by Crippen LogP contribution is -2.66. The zero-order valence-electron chi connectivity index (χ0n) is 33.6. The molecule has 1 heterocycles. The molecular formula is C41H62O15. The van der Waals surface area contributed by atoms with E-state index in [9.17, 15) is 49.8 Å². The van der Waals surface area contributed by atoms with Crippen LogP contribution in [0, 0.1) is 50.2 Å². The molecule has 4 saturated carbocycles. The Morgan fingerprint density at radius 2 is 1.52 bits per heavy atom. The number of aliphatic hydroxyl groups is 3. The predicted octanol–water partition coefficient (Wildman–Crippen LogP) is 4.05. The van der Waals surface area contributed by atoms with Gasteiger partial charge in [0.2, 0.25) is 6.10 Å². The third-order valence-corrected chi connectivity index (χ3v) is 16.3. The summed E-state index contributed by atoms with van der Waals surface area (Å²) in [6.45, 7) is 14.8. The lowest BCUT2D eigenvalue weighted by molar-refractivity contribution is -0.345. The van der Waals surface area contributed by atoms with Crippen molar-refractivity contribution in [2.75, 3.05) is 6.61 Å². The lowest BCUT2D eigenvalue weighted by Gasteiger charge is -2.71. The maximum Gasteiger partial charge on any atom is 0.337 e. The third kappa shape index (κ3) is 6.70. The number of ether oxygens (including phenoxy) is 4. The standard InChI is InChI=1S/C41H62O15/c1-36(2)14-16-41(35(51)52)17-15-39(6)20(21(41)18-36)8-9-23-38(5)12-11-24(37(3,4)22(38)10-13-40(23,39)7)54-34-27(45)29(26(44)30(56-34)32(49)50)55-33(28(46)31(47)48)53-19-25(42)43/h8,21-24,26-30,33-34,44-46H,9-19H2,1-7H3,(H,42,43)(H,47,48)(H,49,50)(H,51,52)/t21?,22?,23?,24-,26-,27+,28?,29-,30-,33?,34+,38-,39+,40+,41-/m0/s1. The van der Waals surface area contributed by atoms with Crippen molar-refractivity contribution >= 4 is 23.9 Å². The van der Waals surface area contributed by atoms with Gasteiger partial charge >= 0.3 is 23.9 Å². The Labute approximate surface area is 327 Å². The summed E-state index contributed by atoms with van der Waals surface area (Å²) in [5, 5.41) is 71.6. The molecule has 5 aliphatic carbocycles. The van der Waals surface area contributed by atoms with Crippen LogP contribution in [-0.2, 0) is 38.1 Å². The number of allylic oxidation sites excluding steroid dienone is 2. The minimum Gasteiger partial charge on any atom is -0.481 e. The number of hydrogen-bond donors (Lipinski definition) is 7. The van der Waals surface area contributed by atoms with Gasteiger partial charge in [0.05, 0.1) is 11.5 Å². The van der Waals surface area contributed by atoms with Crippen molar-refractivity contribution in [2.24, 2.45) is 50.2 Å². The van der Waals surface area contributed by atoms with Gasteiger partial charge in [0.25, 0.3) is 0 Å². The maximum absolute atomic E-state index is 13.0. The Hall–Kier alpha value is -2.66. The molecule has 6 rings (SSSR count). The fourth-order valence-corrected chi connectivity index (χ4v) is 12.9. The summed E-state index contributed by atoms with van der Waals surface area (Å²) in [4.78, 5) is 48.0. The van der Waals surface area contributed by atoms with E-state index in [1.54, 1.807) is 0 Å². The summed E-state index contributed by atoms with van der Waals surface area (Å²) < 4.78 is 22.5. The van der Waals surface area contributed by atoms with Crippen LogP contribution in [-0.4, -0.2) is 115 Å². The molecule has 7 N–H and O–H groups in total. The minimum atomic E-state index is -2.44. The molecule has 1 saturated heterocycles. The Morgan fingerprint density at radius 1 is 0.857 bits per heavy atom. The Morgan fingerprint density at radius 3 is 2.12 bits per heavy atom. The number of carbonyl (C=O) groups is 4. The molecule has 5 fully saturated rings. The van der Waals surface area contributed by atoms with Crippen LogP contribution in [0.2, 0.25) is 0 Å². The smallest absolute Gasteiger partial charge is 0.337 e. The molecule has 316 valence electrons. The van der Waals surface area contributed by atoms with Crippen molar-refractivity contribution < 1.29 is 73.9 Å². The highest BCUT2D eigenvalue weighted by molar-refractivity contribution is 5.77. The van der Waals surface area contributed by atoms with E-state index in [0.29, 0.717) is 25.2 Å². The molecule has 6 aliphatic rings. The van der Waals surface area contributed by atoms with E-state index < -0.39 is 90.5 Å². The van der Waals surface area contributed by atoms with E-state index in [2.05, 4.69) is 54.5 Å². The van der Waals surface area contributed by atoms with E-state index in [1.807, 2.05) is 0 Å². The van der Waals surface area contributed by atoms with Gasteiger partial charge in [0.15, 0.2) is 18.7 Å². The van der Waals surface area contributed by atoms with Crippen molar-refractivity contribution in [1.82, 2.24) is 0 Å². The van der Waals surface area contributed by atoms with E-state index in [4.69, 9.17) is 24.1 Å². The van der Waals surface area contributed by atoms with Gasteiger partial charge in [-0.25, -0.2) is 14.4 Å². The fraction of sp³-hybridized carbons (Fsp3) is 0.854. The van der Waals surface area contributed by atoms with Gasteiger partial charge in [-0.3, -0.25) is 4.79 Å². The fourth-order valence-electron chi connectivity index (χ4n) is 12.9. The van der Waals surface area contributed by atoms with Gasteiger partial charge in [0, 0.05) is 0 Å². The molecule has 0 aromatic rings. The molecule has 0 spiro atoms. The van der Waals surface area contributed by atoms with Crippen LogP contribution in [0.1, 0.15) is 113 Å². The normalized spacial score (nSPS) is 45.0. The highest BCUT2D eigenvalue weighted by Gasteiger charge is 2.69. The topological polar surface area (TPSA) is 247 Å². The third-order valence-electron chi connectivity index (χ3n) is 16.3. The summed E-state index contributed by atoms with van der Waals surface area (Å²) in [7, 11) is 0. The number of aliphatic hydroxyl groups excluding tert-OH is 3. The Kier molecular flexibility index (Phi) is 11.2. The summed E-state index contributed by atoms with van der Waals surface area (Å²) in [6, 6.07) is 0. The second-order valence-electron chi connectivity index (χ2n) is 19.9. The first-order valence-corrected chi connectivity index (χ1v) is 20.1. The molecule has 1 aliphatic heterocycles. The molecular weight excluding hydrogens is 732 g/mol. The molecule has 0 aromatic carbocycles. The number of rotatable bonds is 11. The Bertz CT molecular complexity index is 1610. The molecule has 15 atom stereocenters. The first-order chi connectivity index (χ1) is 25.9. The number of fused-ring (bicyclic) bond motifs is 7. The van der Waals surface area contributed by atoms with Gasteiger partial charge in [-0.15, -0.1) is 0 Å². The van der Waals surface area contributed by atoms with Gasteiger partial charge in [-0.2, -0.15) is 0 Å². The molecule has 5 unspecified atom stereocenters. The first-order valence-electron chi connectivity index (χ1n) is 20.1. The predicted molar refractivity (Wildman–Crippen MR) is 196 cm³/mol. The molecule has 0 aromatic heterocycles. The first kappa shape index (κ1) is 42.9. The van der Waals surface area contributed by atoms with E-state index in [-0.39, 0.29) is 33.5 Å². The van der Waals surface area contributed by atoms with E-state index in [1.165, 1.54) is 5.57 Å². The van der Waals surface area contributed by atoms with Crippen LogP contribution >= 0.6 is 0 Å². The number of carboxylic acids is 4. The van der Waals surface area contributed by atoms with Crippen LogP contribution in [0.4, 0.5) is 0 Å². The van der Waals surface area contributed by atoms with Crippen molar-refractivity contribution in [3.05, 3.63) is 11.6 Å². The number of aliphatic carboxylic acids is 4. The van der Waals surface area contributed by atoms with Crippen LogP contribution in [0.3, 0.4) is 0 Å². The van der Waals surface area contributed by atoms with E-state index in [0.717, 1.165) is 44.9 Å². The number of carboxylic acid groups (broad SMARTS) is 4. The summed E-state index contributed by atoms with van der Waals surface area (Å²) >= 11 is 0. The van der Waals surface area contributed by atoms with Crippen molar-refractivity contribution in [3.8, 4) is 0 Å². The van der Waals surface area contributed by atoms with E-state index >= 15 is 0 Å². The zero-order chi connectivity index (χ0) is 41.6. The van der Waals surface area contributed by atoms with Gasteiger partial charge in [-0.1, -0.05) is 60.1 Å². The van der Waals surface area contributed by atoms with Crippen LogP contribution in [0.15, 0.2) is 11.6 Å². The summed E-state index contributed by atoms with van der Waals surface area (Å²) in [6.07, 6.45) is -4.44. The molecule has 15 nitrogen and oxygen atoms in total. The Balaban J connectivity index is 1.25. The molecule has 15 heteroatoms. The highest BCUT2D eigenvalue weighted by atomic mass is 16.7. The molecule has 56 heavy (non-hydrogen) atoms. The minimum absolute atomic E-state index is 0.000609. The number of hydrogen-bond acceptors (Lipinski definition) is 11. The van der Waals surface area contributed by atoms with Crippen LogP contribution in [0.25, 0.3) is 0 Å². The molecule has 0 amide bonds. The average molecular weight is 795 g/mol. The molecule has 0 bridgehead atoms. The maximum atomic E-state index is 13.0. The average Bonchev–Trinajstić information content (AvgIpc) is 3.09. The lowest BCUT2D eigenvalue weighted by atomic mass is 9.33. The van der Waals surface area contributed by atoms with Gasteiger partial charge in [-0.05, 0) is 109 Å². The van der Waals surface area contributed by atoms with Gasteiger partial charge < -0.3 is 54.7 Å². The zero-order valence-corrected chi connectivity index (χ0v) is 33.6. The van der Waals surface area contributed by atoms with Crippen LogP contribution in [0.5, 0.6) is 0 Å². The van der Waals surface area contributed by atoms with Crippen molar-refractivity contribution in [3.63, 3.8) is 0 Å². The SMILES string of the molecule is CC1(C)CC[C@]2(C(=O)O)CC[C@]3(C)C(=CCC4[C@@]5(C)CC[C@H](O[C@@H]6O[C@H](C(=O)O)[C@@H](O)[C@H](OC(OCC(=O)O)C(O)C(=O)O)[C@H]6O)C(C)(C)C5CC[C@]43C)C2C1. The monoisotopic (exact) mass is 794 g/mol. The molecule has 0 radical (unpaired) electrons.